The summed E-state index contributed by atoms with van der Waals surface area (Å²) < 4.78 is 10.2. The maximum Gasteiger partial charge on any atom is 0.251 e. The van der Waals surface area contributed by atoms with Crippen molar-refractivity contribution in [3.63, 3.8) is 0 Å². The molecule has 0 unspecified atom stereocenters. The van der Waals surface area contributed by atoms with Gasteiger partial charge in [0.25, 0.3) is 11.8 Å². The summed E-state index contributed by atoms with van der Waals surface area (Å²) in [7, 11) is 1.62. The summed E-state index contributed by atoms with van der Waals surface area (Å²) in [5.41, 5.74) is 2.19. The standard InChI is InChI=1S/C25H28N4O5/c1-33-13-4-12-26-24(31)18-8-10-20(11-9-18)29-23(30)17-27-21-6-2-5-19(15-21)25(32)28-16-22-7-3-14-34-22/h2-3,5-11,14-15,27H,4,12-13,16-17H2,1H3,(H,26,31)(H,28,32)(H,29,30). The van der Waals surface area contributed by atoms with Crippen LogP contribution in [0.3, 0.4) is 0 Å². The Balaban J connectivity index is 1.44. The average molecular weight is 465 g/mol. The molecule has 3 amide bonds. The fraction of sp³-hybridized carbons (Fsp3) is 0.240. The van der Waals surface area contributed by atoms with E-state index in [9.17, 15) is 14.4 Å². The Morgan fingerprint density at radius 3 is 2.41 bits per heavy atom. The van der Waals surface area contributed by atoms with Gasteiger partial charge in [-0.2, -0.15) is 0 Å². The van der Waals surface area contributed by atoms with E-state index in [0.717, 1.165) is 6.42 Å². The molecule has 3 rings (SSSR count). The lowest BCUT2D eigenvalue weighted by Gasteiger charge is -2.10. The molecule has 0 aliphatic rings. The van der Waals surface area contributed by atoms with E-state index < -0.39 is 0 Å². The number of anilines is 2. The van der Waals surface area contributed by atoms with Crippen LogP contribution in [-0.2, 0) is 16.1 Å². The zero-order valence-electron chi connectivity index (χ0n) is 18.9. The summed E-state index contributed by atoms with van der Waals surface area (Å²) in [6, 6.07) is 17.1. The van der Waals surface area contributed by atoms with Crippen molar-refractivity contribution in [1.82, 2.24) is 10.6 Å². The molecule has 0 saturated carbocycles. The Labute approximate surface area is 197 Å². The largest absolute Gasteiger partial charge is 0.467 e. The molecule has 4 N–H and O–H groups in total. The smallest absolute Gasteiger partial charge is 0.251 e. The topological polar surface area (TPSA) is 122 Å². The zero-order valence-corrected chi connectivity index (χ0v) is 18.9. The first-order valence-corrected chi connectivity index (χ1v) is 10.9. The number of hydrogen-bond acceptors (Lipinski definition) is 6. The van der Waals surface area contributed by atoms with Crippen molar-refractivity contribution < 1.29 is 23.5 Å². The third-order valence-electron chi connectivity index (χ3n) is 4.82. The first-order valence-electron chi connectivity index (χ1n) is 10.9. The van der Waals surface area contributed by atoms with Gasteiger partial charge in [-0.3, -0.25) is 14.4 Å². The van der Waals surface area contributed by atoms with E-state index in [1.54, 1.807) is 74.0 Å². The van der Waals surface area contributed by atoms with E-state index in [4.69, 9.17) is 9.15 Å². The first-order chi connectivity index (χ1) is 16.5. The number of ether oxygens (including phenoxy) is 1. The molecule has 3 aromatic rings. The minimum absolute atomic E-state index is 0.0131. The van der Waals surface area contributed by atoms with Gasteiger partial charge in [0.1, 0.15) is 5.76 Å². The van der Waals surface area contributed by atoms with Gasteiger partial charge in [-0.25, -0.2) is 0 Å². The van der Waals surface area contributed by atoms with Crippen molar-refractivity contribution >= 4 is 29.1 Å². The highest BCUT2D eigenvalue weighted by atomic mass is 16.5. The van der Waals surface area contributed by atoms with E-state index >= 15 is 0 Å². The van der Waals surface area contributed by atoms with Crippen LogP contribution < -0.4 is 21.3 Å². The average Bonchev–Trinajstić information content (AvgIpc) is 3.38. The SMILES string of the molecule is COCCCNC(=O)c1ccc(NC(=O)CNc2cccc(C(=O)NCc3ccco3)c2)cc1. The highest BCUT2D eigenvalue weighted by Crippen LogP contribution is 2.12. The Morgan fingerprint density at radius 2 is 1.68 bits per heavy atom. The first kappa shape index (κ1) is 24.5. The normalized spacial score (nSPS) is 10.4. The lowest BCUT2D eigenvalue weighted by molar-refractivity contribution is -0.114. The van der Waals surface area contributed by atoms with Crippen molar-refractivity contribution in [2.75, 3.05) is 37.4 Å². The molecule has 1 aromatic heterocycles. The van der Waals surface area contributed by atoms with Crippen LogP contribution in [0.2, 0.25) is 0 Å². The Kier molecular flexibility index (Phi) is 9.24. The van der Waals surface area contributed by atoms with Gasteiger partial charge in [0, 0.05) is 42.8 Å². The molecule has 0 atom stereocenters. The maximum absolute atomic E-state index is 12.3. The van der Waals surface area contributed by atoms with Crippen molar-refractivity contribution in [2.45, 2.75) is 13.0 Å². The van der Waals surface area contributed by atoms with Gasteiger partial charge in [0.15, 0.2) is 0 Å². The number of carbonyl (C=O) groups is 3. The van der Waals surface area contributed by atoms with Crippen LogP contribution in [0, 0.1) is 0 Å². The number of hydrogen-bond donors (Lipinski definition) is 4. The van der Waals surface area contributed by atoms with Crippen LogP contribution >= 0.6 is 0 Å². The second-order valence-electron chi connectivity index (χ2n) is 7.42. The lowest BCUT2D eigenvalue weighted by atomic mass is 10.2. The molecule has 2 aromatic carbocycles. The monoisotopic (exact) mass is 464 g/mol. The van der Waals surface area contributed by atoms with Crippen LogP contribution in [0.15, 0.2) is 71.3 Å². The lowest BCUT2D eigenvalue weighted by Crippen LogP contribution is -2.25. The van der Waals surface area contributed by atoms with Crippen molar-refractivity contribution in [3.05, 3.63) is 83.8 Å². The molecule has 0 radical (unpaired) electrons. The minimum atomic E-state index is -0.260. The van der Waals surface area contributed by atoms with Crippen LogP contribution in [0.25, 0.3) is 0 Å². The predicted molar refractivity (Wildman–Crippen MR) is 129 cm³/mol. The van der Waals surface area contributed by atoms with E-state index in [0.29, 0.717) is 48.0 Å². The summed E-state index contributed by atoms with van der Waals surface area (Å²) in [5.74, 6) is -0.0180. The van der Waals surface area contributed by atoms with Gasteiger partial charge in [-0.05, 0) is 61.0 Å². The van der Waals surface area contributed by atoms with Gasteiger partial charge >= 0.3 is 0 Å². The molecule has 0 fully saturated rings. The second kappa shape index (κ2) is 12.8. The van der Waals surface area contributed by atoms with Crippen molar-refractivity contribution in [3.8, 4) is 0 Å². The Hall–Kier alpha value is -4.11. The maximum atomic E-state index is 12.3. The number of nitrogens with one attached hydrogen (secondary N) is 4. The van der Waals surface area contributed by atoms with E-state index in [2.05, 4.69) is 21.3 Å². The molecule has 0 aliphatic carbocycles. The highest BCUT2D eigenvalue weighted by molar-refractivity contribution is 5.97. The summed E-state index contributed by atoms with van der Waals surface area (Å²) in [6.07, 6.45) is 2.29. The van der Waals surface area contributed by atoms with E-state index in [1.165, 1.54) is 0 Å². The molecule has 1 heterocycles. The molecule has 9 nitrogen and oxygen atoms in total. The van der Waals surface area contributed by atoms with Crippen LogP contribution in [0.5, 0.6) is 0 Å². The molecule has 0 aliphatic heterocycles. The summed E-state index contributed by atoms with van der Waals surface area (Å²) in [5, 5.41) is 11.4. The fourth-order valence-electron chi connectivity index (χ4n) is 3.07. The number of carbonyl (C=O) groups excluding carboxylic acids is 3. The summed E-state index contributed by atoms with van der Waals surface area (Å²) in [4.78, 5) is 36.7. The van der Waals surface area contributed by atoms with E-state index in [1.807, 2.05) is 0 Å². The van der Waals surface area contributed by atoms with Crippen molar-refractivity contribution in [1.29, 1.82) is 0 Å². The minimum Gasteiger partial charge on any atom is -0.467 e. The summed E-state index contributed by atoms with van der Waals surface area (Å²) >= 11 is 0. The third-order valence-corrected chi connectivity index (χ3v) is 4.82. The number of methoxy groups -OCH3 is 1. The molecular weight excluding hydrogens is 436 g/mol. The van der Waals surface area contributed by atoms with Gasteiger partial charge in [-0.15, -0.1) is 0 Å². The highest BCUT2D eigenvalue weighted by Gasteiger charge is 2.09. The van der Waals surface area contributed by atoms with Gasteiger partial charge < -0.3 is 30.4 Å². The molecular formula is C25H28N4O5. The second-order valence-corrected chi connectivity index (χ2v) is 7.42. The molecule has 9 heteroatoms. The Bertz CT molecular complexity index is 1080. The fourth-order valence-corrected chi connectivity index (χ4v) is 3.07. The number of furan rings is 1. The van der Waals surface area contributed by atoms with Crippen LogP contribution in [0.1, 0.15) is 32.9 Å². The number of rotatable bonds is 12. The van der Waals surface area contributed by atoms with E-state index in [-0.39, 0.29) is 24.3 Å². The molecule has 0 spiro atoms. The number of benzene rings is 2. The molecule has 34 heavy (non-hydrogen) atoms. The summed E-state index contributed by atoms with van der Waals surface area (Å²) in [6.45, 7) is 1.42. The third kappa shape index (κ3) is 7.79. The van der Waals surface area contributed by atoms with Gasteiger partial charge in [0.05, 0.1) is 19.4 Å². The van der Waals surface area contributed by atoms with Gasteiger partial charge in [-0.1, -0.05) is 6.07 Å². The zero-order chi connectivity index (χ0) is 24.2. The van der Waals surface area contributed by atoms with Crippen LogP contribution in [-0.4, -0.2) is 44.5 Å². The van der Waals surface area contributed by atoms with Crippen LogP contribution in [0.4, 0.5) is 11.4 Å². The van der Waals surface area contributed by atoms with Crippen molar-refractivity contribution in [2.24, 2.45) is 0 Å². The number of amides is 3. The molecule has 0 saturated heterocycles. The predicted octanol–water partition coefficient (Wildman–Crippen LogP) is 3.03. The molecule has 0 bridgehead atoms. The molecule has 178 valence electrons. The Morgan fingerprint density at radius 1 is 0.882 bits per heavy atom. The van der Waals surface area contributed by atoms with Gasteiger partial charge in [0.2, 0.25) is 5.91 Å². The quantitative estimate of drug-likeness (QED) is 0.306.